The number of carbonyl (C=O) groups excluding carboxylic acids is 2. The van der Waals surface area contributed by atoms with Gasteiger partial charge in [-0.25, -0.2) is 0 Å². The maximum absolute atomic E-state index is 14.4. The number of carboxylic acids is 2. The van der Waals surface area contributed by atoms with Gasteiger partial charge in [0.05, 0.1) is 6.61 Å². The number of aliphatic hydroxyl groups is 9. The van der Waals surface area contributed by atoms with Gasteiger partial charge in [-0.3, -0.25) is 24.0 Å². The Balaban J connectivity index is 1.33. The number of phenolic OH excluding ortho intramolecular Hbond substituents is 2. The summed E-state index contributed by atoms with van der Waals surface area (Å²) in [5.74, 6) is -8.45. The second-order valence-electron chi connectivity index (χ2n) is 15.0. The van der Waals surface area contributed by atoms with Crippen molar-refractivity contribution in [3.05, 3.63) is 46.6 Å². The zero-order chi connectivity index (χ0) is 48.3. The van der Waals surface area contributed by atoms with Gasteiger partial charge in [0.25, 0.3) is 0 Å². The standard InChI is InChI=1S/C39H44O27/c40-9-17-25(49)31(55)36(66-38-33(57)30(54)27(51)19(64-38)11-59-23(48)8-21(45)46)39(62-17)65-35-28(52)24-15(42)5-14(6-16(24)61-34(35)12-1-3-13(41)4-2-12)60-37-32(56)29(53)26(50)18(63-37)10-58-22(47)7-20(43)44/h1-6,17-19,25-27,29-33,36-42,49-51,53-57H,7-11H2,(H,43,44)(H,45,46)/t17-,18-,19-,25-,26-,27-,29+,30+,31+,32-,33-,36-,37-,38+,39+/m1/s1. The molecule has 3 saturated heterocycles. The minimum Gasteiger partial charge on any atom is -0.508 e. The maximum Gasteiger partial charge on any atom is 0.317 e. The van der Waals surface area contributed by atoms with Crippen LogP contribution in [0.2, 0.25) is 0 Å². The predicted molar refractivity (Wildman–Crippen MR) is 205 cm³/mol. The van der Waals surface area contributed by atoms with E-state index >= 15 is 0 Å². The fourth-order valence-electron chi connectivity index (χ4n) is 6.95. The minimum absolute atomic E-state index is 0.0213. The van der Waals surface area contributed by atoms with Crippen LogP contribution in [0.1, 0.15) is 12.8 Å². The Morgan fingerprint density at radius 1 is 0.606 bits per heavy atom. The maximum atomic E-state index is 14.4. The Morgan fingerprint density at radius 2 is 1.12 bits per heavy atom. The van der Waals surface area contributed by atoms with Crippen LogP contribution in [0.3, 0.4) is 0 Å². The van der Waals surface area contributed by atoms with Crippen molar-refractivity contribution < 1.29 is 128 Å². The van der Waals surface area contributed by atoms with E-state index < -0.39 is 188 Å². The Morgan fingerprint density at radius 3 is 1.67 bits per heavy atom. The summed E-state index contributed by atoms with van der Waals surface area (Å²) in [5.41, 5.74) is -1.69. The van der Waals surface area contributed by atoms with Crippen molar-refractivity contribution in [1.82, 2.24) is 0 Å². The molecule has 0 unspecified atom stereocenters. The highest BCUT2D eigenvalue weighted by atomic mass is 16.8. The normalized spacial score (nSPS) is 32.3. The highest BCUT2D eigenvalue weighted by Gasteiger charge is 2.52. The molecule has 13 N–H and O–H groups in total. The lowest BCUT2D eigenvalue weighted by Crippen LogP contribution is -2.65. The van der Waals surface area contributed by atoms with Gasteiger partial charge in [0.15, 0.2) is 18.2 Å². The van der Waals surface area contributed by atoms with E-state index in [1.54, 1.807) is 0 Å². The van der Waals surface area contributed by atoms with Crippen molar-refractivity contribution in [2.75, 3.05) is 19.8 Å². The molecule has 3 aromatic rings. The second-order valence-corrected chi connectivity index (χ2v) is 15.0. The van der Waals surface area contributed by atoms with Gasteiger partial charge in [-0.15, -0.1) is 0 Å². The number of rotatable bonds is 16. The first-order valence-electron chi connectivity index (χ1n) is 19.6. The molecule has 3 fully saturated rings. The average molecular weight is 945 g/mol. The molecular formula is C39H44O27. The number of ether oxygens (including phenoxy) is 8. The molecule has 0 amide bonds. The number of carboxylic acid groups (broad SMARTS) is 2. The molecule has 3 aliphatic rings. The molecule has 27 heteroatoms. The fourth-order valence-corrected chi connectivity index (χ4v) is 6.95. The predicted octanol–water partition coefficient (Wildman–Crippen LogP) is -4.90. The third kappa shape index (κ3) is 10.9. The monoisotopic (exact) mass is 944 g/mol. The highest BCUT2D eigenvalue weighted by Crippen LogP contribution is 2.39. The highest BCUT2D eigenvalue weighted by molar-refractivity contribution is 5.91. The molecule has 0 bridgehead atoms. The number of benzene rings is 2. The molecule has 15 atom stereocenters. The molecule has 27 nitrogen and oxygen atoms in total. The minimum atomic E-state index is -2.15. The van der Waals surface area contributed by atoms with E-state index in [1.165, 1.54) is 24.3 Å². The lowest BCUT2D eigenvalue weighted by atomic mass is 9.97. The van der Waals surface area contributed by atoms with Gasteiger partial charge in [0, 0.05) is 17.7 Å². The lowest BCUT2D eigenvalue weighted by Gasteiger charge is -2.45. The van der Waals surface area contributed by atoms with Crippen LogP contribution in [0.5, 0.6) is 23.0 Å². The van der Waals surface area contributed by atoms with Crippen LogP contribution in [0.4, 0.5) is 0 Å². The molecule has 2 aromatic carbocycles. The molecular weight excluding hydrogens is 900 g/mol. The molecule has 3 aliphatic heterocycles. The molecule has 1 aromatic heterocycles. The number of phenols is 2. The van der Waals surface area contributed by atoms with E-state index in [9.17, 15) is 80.1 Å². The number of fused-ring (bicyclic) bond motifs is 1. The van der Waals surface area contributed by atoms with Crippen LogP contribution in [0.15, 0.2) is 45.6 Å². The Labute approximate surface area is 368 Å². The molecule has 0 saturated carbocycles. The topological polar surface area (TPSA) is 435 Å². The molecule has 0 spiro atoms. The van der Waals surface area contributed by atoms with Crippen LogP contribution in [0.25, 0.3) is 22.3 Å². The molecule has 66 heavy (non-hydrogen) atoms. The Kier molecular flexibility index (Phi) is 15.6. The van der Waals surface area contributed by atoms with Crippen molar-refractivity contribution in [2.45, 2.75) is 105 Å². The molecule has 362 valence electrons. The van der Waals surface area contributed by atoms with Gasteiger partial charge in [-0.1, -0.05) is 0 Å². The summed E-state index contributed by atoms with van der Waals surface area (Å²) in [6.07, 6.45) is -31.4. The summed E-state index contributed by atoms with van der Waals surface area (Å²) in [6, 6.07) is 6.63. The molecule has 6 rings (SSSR count). The average Bonchev–Trinajstić information content (AvgIpc) is 3.25. The summed E-state index contributed by atoms with van der Waals surface area (Å²) in [5, 5.41) is 134. The van der Waals surface area contributed by atoms with Gasteiger partial charge < -0.3 is 109 Å². The van der Waals surface area contributed by atoms with E-state index in [0.717, 1.165) is 12.1 Å². The second kappa shape index (κ2) is 20.8. The van der Waals surface area contributed by atoms with Gasteiger partial charge in [-0.2, -0.15) is 0 Å². The van der Waals surface area contributed by atoms with E-state index in [1.807, 2.05) is 0 Å². The van der Waals surface area contributed by atoms with Gasteiger partial charge in [0.2, 0.25) is 23.8 Å². The number of aliphatic hydroxyl groups excluding tert-OH is 9. The lowest BCUT2D eigenvalue weighted by molar-refractivity contribution is -0.358. The van der Waals surface area contributed by atoms with Gasteiger partial charge in [0.1, 0.15) is 121 Å². The van der Waals surface area contributed by atoms with Crippen LogP contribution < -0.4 is 14.9 Å². The van der Waals surface area contributed by atoms with Crippen LogP contribution in [-0.2, 0) is 47.6 Å². The van der Waals surface area contributed by atoms with Crippen molar-refractivity contribution >= 4 is 34.8 Å². The summed E-state index contributed by atoms with van der Waals surface area (Å²) < 4.78 is 49.6. The SMILES string of the molecule is O=C(O)CC(=O)OC[C@H]1O[C@@H](Oc2cc(O)c3c(=O)c(O[C@@H]4O[C@H](CO)[C@@H](O)[C@H](O)[C@H]4O[C@@H]4O[C@H](COC(=O)CC(=O)O)[C@@H](O)[C@H](O)[C@H]4O)c(-c4ccc(O)cc4)oc3c2)[C@H](O)[C@@H](O)[C@@H]1O. The van der Waals surface area contributed by atoms with Crippen molar-refractivity contribution in [3.8, 4) is 34.3 Å². The van der Waals surface area contributed by atoms with E-state index in [4.69, 9.17) is 52.5 Å². The number of hydrogen-bond donors (Lipinski definition) is 13. The van der Waals surface area contributed by atoms with Crippen molar-refractivity contribution in [3.63, 3.8) is 0 Å². The van der Waals surface area contributed by atoms with Crippen molar-refractivity contribution in [1.29, 1.82) is 0 Å². The summed E-state index contributed by atoms with van der Waals surface area (Å²) in [7, 11) is 0. The summed E-state index contributed by atoms with van der Waals surface area (Å²) >= 11 is 0. The number of carbonyl (C=O) groups is 4. The van der Waals surface area contributed by atoms with E-state index in [2.05, 4.69) is 0 Å². The number of hydrogen-bond acceptors (Lipinski definition) is 25. The fraction of sp³-hybridized carbons (Fsp3) is 0.513. The smallest absolute Gasteiger partial charge is 0.317 e. The van der Waals surface area contributed by atoms with Gasteiger partial charge >= 0.3 is 23.9 Å². The third-order valence-electron chi connectivity index (χ3n) is 10.4. The first-order valence-corrected chi connectivity index (χ1v) is 19.6. The van der Waals surface area contributed by atoms with E-state index in [-0.39, 0.29) is 11.3 Å². The number of aliphatic carboxylic acids is 2. The van der Waals surface area contributed by atoms with Crippen molar-refractivity contribution in [2.24, 2.45) is 0 Å². The van der Waals surface area contributed by atoms with Crippen LogP contribution in [-0.4, -0.2) is 202 Å². The first-order chi connectivity index (χ1) is 31.2. The van der Waals surface area contributed by atoms with Crippen LogP contribution in [0, 0.1) is 0 Å². The summed E-state index contributed by atoms with van der Waals surface area (Å²) in [4.78, 5) is 59.8. The first kappa shape index (κ1) is 49.6. The quantitative estimate of drug-likeness (QED) is 0.0473. The zero-order valence-electron chi connectivity index (χ0n) is 33.7. The van der Waals surface area contributed by atoms with Gasteiger partial charge in [-0.05, 0) is 24.3 Å². The van der Waals surface area contributed by atoms with Crippen LogP contribution >= 0.6 is 0 Å². The summed E-state index contributed by atoms with van der Waals surface area (Å²) in [6.45, 7) is -2.66. The number of esters is 2. The molecule has 0 aliphatic carbocycles. The Hall–Kier alpha value is -5.79. The molecule has 0 radical (unpaired) electrons. The Bertz CT molecular complexity index is 2280. The third-order valence-corrected chi connectivity index (χ3v) is 10.4. The zero-order valence-corrected chi connectivity index (χ0v) is 33.7. The molecule has 4 heterocycles. The van der Waals surface area contributed by atoms with E-state index in [0.29, 0.717) is 0 Å². The number of aromatic hydroxyl groups is 2. The largest absolute Gasteiger partial charge is 0.508 e.